The number of sulfonamides is 1. The van der Waals surface area contributed by atoms with Crippen molar-refractivity contribution in [1.29, 1.82) is 0 Å². The number of amides is 1. The van der Waals surface area contributed by atoms with Gasteiger partial charge in [0.1, 0.15) is 0 Å². The van der Waals surface area contributed by atoms with E-state index in [2.05, 4.69) is 22.2 Å². The zero-order chi connectivity index (χ0) is 17.8. The maximum Gasteiger partial charge on any atom is 0.219 e. The number of carbonyl (C=O) groups is 1. The molecule has 0 atom stereocenters. The number of nitrogens with one attached hydrogen (secondary N) is 2. The molecule has 2 N–H and O–H groups in total. The second-order valence-corrected chi connectivity index (χ2v) is 8.56. The maximum absolute atomic E-state index is 11.7. The van der Waals surface area contributed by atoms with Gasteiger partial charge in [-0.15, -0.1) is 0 Å². The highest BCUT2D eigenvalue weighted by Gasteiger charge is 2.14. The molecular weight excluding hydrogens is 324 g/mol. The molecule has 0 aliphatic rings. The predicted molar refractivity (Wildman–Crippen MR) is 98.3 cm³/mol. The second kappa shape index (κ2) is 11.2. The summed E-state index contributed by atoms with van der Waals surface area (Å²) in [4.78, 5) is 11.7. The van der Waals surface area contributed by atoms with E-state index in [4.69, 9.17) is 0 Å². The van der Waals surface area contributed by atoms with Gasteiger partial charge in [-0.2, -0.15) is 0 Å². The van der Waals surface area contributed by atoms with Gasteiger partial charge in [0.25, 0.3) is 0 Å². The van der Waals surface area contributed by atoms with Gasteiger partial charge < -0.3 is 5.32 Å². The highest BCUT2D eigenvalue weighted by atomic mass is 32.2. The van der Waals surface area contributed by atoms with Gasteiger partial charge >= 0.3 is 0 Å². The Labute approximate surface area is 146 Å². The van der Waals surface area contributed by atoms with E-state index < -0.39 is 15.3 Å². The lowest BCUT2D eigenvalue weighted by Crippen LogP contribution is -2.31. The molecule has 0 radical (unpaired) electrons. The number of aryl methyl sites for hydroxylation is 1. The van der Waals surface area contributed by atoms with Crippen LogP contribution in [0, 0.1) is 0 Å². The highest BCUT2D eigenvalue weighted by Crippen LogP contribution is 2.04. The van der Waals surface area contributed by atoms with Crippen LogP contribution in [0.25, 0.3) is 0 Å². The highest BCUT2D eigenvalue weighted by molar-refractivity contribution is 7.90. The third-order valence-electron chi connectivity index (χ3n) is 3.81. The van der Waals surface area contributed by atoms with Crippen LogP contribution in [0.5, 0.6) is 0 Å². The number of hydrogen-bond donors (Lipinski definition) is 2. The minimum absolute atomic E-state index is 0.0430. The third-order valence-corrected chi connectivity index (χ3v) is 5.66. The molecule has 1 aromatic carbocycles. The Morgan fingerprint density at radius 1 is 1.00 bits per heavy atom. The average Bonchev–Trinajstić information content (AvgIpc) is 2.55. The van der Waals surface area contributed by atoms with Gasteiger partial charge in [-0.05, 0) is 51.5 Å². The second-order valence-electron chi connectivity index (χ2n) is 6.24. The normalized spacial score (nSPS) is 11.6. The molecule has 1 rings (SSSR count). The molecule has 0 bridgehead atoms. The Balaban J connectivity index is 1.99. The van der Waals surface area contributed by atoms with Crippen molar-refractivity contribution in [2.45, 2.75) is 57.6 Å². The molecule has 0 fully saturated rings. The van der Waals surface area contributed by atoms with Crippen LogP contribution in [0.2, 0.25) is 0 Å². The minimum atomic E-state index is -3.19. The first-order chi connectivity index (χ1) is 11.4. The average molecular weight is 355 g/mol. The van der Waals surface area contributed by atoms with Gasteiger partial charge in [0, 0.05) is 19.5 Å². The Kier molecular flexibility index (Phi) is 9.64. The molecule has 5 nitrogen and oxygen atoms in total. The third kappa shape index (κ3) is 9.03. The van der Waals surface area contributed by atoms with Gasteiger partial charge in [0.2, 0.25) is 15.9 Å². The van der Waals surface area contributed by atoms with Crippen molar-refractivity contribution in [2.24, 2.45) is 0 Å². The molecule has 136 valence electrons. The molecule has 0 unspecified atom stereocenters. The molecule has 0 aliphatic carbocycles. The van der Waals surface area contributed by atoms with E-state index in [-0.39, 0.29) is 5.91 Å². The number of benzene rings is 1. The first-order valence-electron chi connectivity index (χ1n) is 8.71. The Hall–Kier alpha value is -1.40. The first-order valence-corrected chi connectivity index (χ1v) is 10.3. The topological polar surface area (TPSA) is 75.3 Å². The van der Waals surface area contributed by atoms with Crippen LogP contribution in [-0.4, -0.2) is 32.7 Å². The molecule has 0 saturated carbocycles. The molecule has 0 spiro atoms. The van der Waals surface area contributed by atoms with Gasteiger partial charge in [0.15, 0.2) is 0 Å². The quantitative estimate of drug-likeness (QED) is 0.567. The van der Waals surface area contributed by atoms with E-state index in [1.165, 1.54) is 5.56 Å². The van der Waals surface area contributed by atoms with E-state index in [0.717, 1.165) is 19.3 Å². The van der Waals surface area contributed by atoms with Crippen LogP contribution in [-0.2, 0) is 21.2 Å². The fraction of sp³-hybridized carbons (Fsp3) is 0.611. The Morgan fingerprint density at radius 3 is 2.33 bits per heavy atom. The fourth-order valence-corrected chi connectivity index (χ4v) is 2.97. The number of rotatable bonds is 12. The zero-order valence-electron chi connectivity index (χ0n) is 14.8. The molecule has 1 aromatic rings. The monoisotopic (exact) mass is 354 g/mol. The standard InChI is InChI=1S/C18H30N2O3S/c1-16(2)24(22,23)20-15-9-7-13-18(21)19-14-8-6-12-17-10-4-3-5-11-17/h3-5,10-11,16,20H,6-9,12-15H2,1-2H3,(H,19,21). The lowest BCUT2D eigenvalue weighted by Gasteiger charge is -2.09. The Bertz CT molecular complexity index is 571. The number of unbranched alkanes of at least 4 members (excludes halogenated alkanes) is 2. The lowest BCUT2D eigenvalue weighted by molar-refractivity contribution is -0.121. The van der Waals surface area contributed by atoms with Gasteiger partial charge in [0.05, 0.1) is 5.25 Å². The van der Waals surface area contributed by atoms with Crippen molar-refractivity contribution in [2.75, 3.05) is 13.1 Å². The van der Waals surface area contributed by atoms with Gasteiger partial charge in [-0.25, -0.2) is 13.1 Å². The van der Waals surface area contributed by atoms with Crippen LogP contribution in [0.3, 0.4) is 0 Å². The summed E-state index contributed by atoms with van der Waals surface area (Å²) < 4.78 is 25.6. The van der Waals surface area contributed by atoms with Crippen molar-refractivity contribution >= 4 is 15.9 Å². The van der Waals surface area contributed by atoms with Crippen molar-refractivity contribution in [3.8, 4) is 0 Å². The van der Waals surface area contributed by atoms with Crippen molar-refractivity contribution in [3.05, 3.63) is 35.9 Å². The van der Waals surface area contributed by atoms with Crippen LogP contribution in [0.15, 0.2) is 30.3 Å². The fourth-order valence-electron chi connectivity index (χ4n) is 2.21. The minimum Gasteiger partial charge on any atom is -0.356 e. The van der Waals surface area contributed by atoms with Crippen molar-refractivity contribution < 1.29 is 13.2 Å². The van der Waals surface area contributed by atoms with Crippen LogP contribution in [0.1, 0.15) is 51.5 Å². The molecule has 0 aliphatic heterocycles. The van der Waals surface area contributed by atoms with E-state index in [1.54, 1.807) is 13.8 Å². The summed E-state index contributed by atoms with van der Waals surface area (Å²) in [5.74, 6) is 0.0430. The molecular formula is C18H30N2O3S. The first kappa shape index (κ1) is 20.6. The number of hydrogen-bond acceptors (Lipinski definition) is 3. The summed E-state index contributed by atoms with van der Waals surface area (Å²) in [6, 6.07) is 10.3. The largest absolute Gasteiger partial charge is 0.356 e. The summed E-state index contributed by atoms with van der Waals surface area (Å²) in [6.07, 6.45) is 4.87. The maximum atomic E-state index is 11.7. The predicted octanol–water partition coefficient (Wildman–Crippen LogP) is 2.62. The Morgan fingerprint density at radius 2 is 1.67 bits per heavy atom. The lowest BCUT2D eigenvalue weighted by atomic mass is 10.1. The van der Waals surface area contributed by atoms with Gasteiger partial charge in [-0.1, -0.05) is 30.3 Å². The molecule has 24 heavy (non-hydrogen) atoms. The summed E-state index contributed by atoms with van der Waals surface area (Å²) in [7, 11) is -3.19. The number of carbonyl (C=O) groups excluding carboxylic acids is 1. The molecule has 0 heterocycles. The van der Waals surface area contributed by atoms with Crippen LogP contribution >= 0.6 is 0 Å². The van der Waals surface area contributed by atoms with Gasteiger partial charge in [-0.3, -0.25) is 4.79 Å². The summed E-state index contributed by atoms with van der Waals surface area (Å²) >= 11 is 0. The molecule has 0 aromatic heterocycles. The van der Waals surface area contributed by atoms with E-state index in [0.29, 0.717) is 32.4 Å². The van der Waals surface area contributed by atoms with E-state index in [9.17, 15) is 13.2 Å². The molecule has 0 saturated heterocycles. The molecule has 1 amide bonds. The summed E-state index contributed by atoms with van der Waals surface area (Å²) in [5, 5.41) is 2.50. The van der Waals surface area contributed by atoms with Crippen LogP contribution in [0.4, 0.5) is 0 Å². The summed E-state index contributed by atoms with van der Waals surface area (Å²) in [6.45, 7) is 4.39. The van der Waals surface area contributed by atoms with Crippen molar-refractivity contribution in [1.82, 2.24) is 10.0 Å². The van der Waals surface area contributed by atoms with E-state index >= 15 is 0 Å². The van der Waals surface area contributed by atoms with E-state index in [1.807, 2.05) is 18.2 Å². The molecule has 6 heteroatoms. The summed E-state index contributed by atoms with van der Waals surface area (Å²) in [5.41, 5.74) is 1.33. The van der Waals surface area contributed by atoms with Crippen LogP contribution < -0.4 is 10.0 Å². The SMILES string of the molecule is CC(C)S(=O)(=O)NCCCCC(=O)NCCCCc1ccccc1. The van der Waals surface area contributed by atoms with Crippen molar-refractivity contribution in [3.63, 3.8) is 0 Å². The zero-order valence-corrected chi connectivity index (χ0v) is 15.6. The smallest absolute Gasteiger partial charge is 0.219 e.